The molecule has 0 unspecified atom stereocenters. The second-order valence-corrected chi connectivity index (χ2v) is 9.40. The van der Waals surface area contributed by atoms with E-state index in [2.05, 4.69) is 11.4 Å². The number of aryl methyl sites for hydroxylation is 1. The Kier molecular flexibility index (Phi) is 5.35. The number of anilines is 2. The maximum absolute atomic E-state index is 13.2. The molecule has 2 fully saturated rings. The number of ether oxygens (including phenoxy) is 1. The second-order valence-electron chi connectivity index (χ2n) is 9.40. The van der Waals surface area contributed by atoms with E-state index < -0.39 is 18.5 Å². The van der Waals surface area contributed by atoms with Gasteiger partial charge in [0.05, 0.1) is 23.1 Å². The average Bonchev–Trinajstić information content (AvgIpc) is 3.45. The van der Waals surface area contributed by atoms with Crippen molar-refractivity contribution in [3.8, 4) is 0 Å². The summed E-state index contributed by atoms with van der Waals surface area (Å²) in [5.74, 6) is -1.94. The Balaban J connectivity index is 1.26. The smallest absolute Gasteiger partial charge is 0.338 e. The molecule has 2 aliphatic carbocycles. The third kappa shape index (κ3) is 3.52. The van der Waals surface area contributed by atoms with Crippen molar-refractivity contribution >= 4 is 35.1 Å². The molecule has 3 aliphatic rings. The molecule has 2 aromatic carbocycles. The van der Waals surface area contributed by atoms with E-state index in [0.29, 0.717) is 11.4 Å². The van der Waals surface area contributed by atoms with Crippen LogP contribution in [0.5, 0.6) is 0 Å². The van der Waals surface area contributed by atoms with Crippen LogP contribution in [-0.4, -0.2) is 30.3 Å². The first-order chi connectivity index (χ1) is 16.3. The number of nitrogens with zero attached hydrogens (tertiary/aromatic N) is 1. The van der Waals surface area contributed by atoms with Gasteiger partial charge in [0.25, 0.3) is 5.91 Å². The van der Waals surface area contributed by atoms with E-state index in [1.165, 1.54) is 22.6 Å². The molecular weight excluding hydrogens is 432 g/mol. The number of allylic oxidation sites excluding steroid dienone is 2. The normalized spacial score (nSPS) is 24.8. The summed E-state index contributed by atoms with van der Waals surface area (Å²) in [5.41, 5.74) is 4.37. The monoisotopic (exact) mass is 458 g/mol. The van der Waals surface area contributed by atoms with E-state index in [4.69, 9.17) is 4.74 Å². The largest absolute Gasteiger partial charge is 0.452 e. The first kappa shape index (κ1) is 22.1. The van der Waals surface area contributed by atoms with Crippen molar-refractivity contribution in [2.75, 3.05) is 16.8 Å². The molecule has 1 N–H and O–H groups in total. The predicted molar refractivity (Wildman–Crippen MR) is 126 cm³/mol. The number of carbonyl (C=O) groups excluding carboxylic acids is 4. The summed E-state index contributed by atoms with van der Waals surface area (Å²) >= 11 is 0. The Morgan fingerprint density at radius 2 is 1.76 bits per heavy atom. The van der Waals surface area contributed by atoms with Gasteiger partial charge in [0.1, 0.15) is 0 Å². The van der Waals surface area contributed by atoms with Crippen LogP contribution in [0.1, 0.15) is 34.8 Å². The van der Waals surface area contributed by atoms with E-state index in [9.17, 15) is 19.2 Å². The lowest BCUT2D eigenvalue weighted by Gasteiger charge is -2.19. The summed E-state index contributed by atoms with van der Waals surface area (Å²) in [6, 6.07) is 11.8. The lowest BCUT2D eigenvalue weighted by Crippen LogP contribution is -2.33. The first-order valence-corrected chi connectivity index (χ1v) is 11.5. The summed E-state index contributed by atoms with van der Waals surface area (Å²) in [6.45, 7) is 5.43. The molecule has 0 aromatic heterocycles. The predicted octanol–water partition coefficient (Wildman–Crippen LogP) is 3.80. The third-order valence-corrected chi connectivity index (χ3v) is 7.43. The Bertz CT molecular complexity index is 1260. The minimum atomic E-state index is -0.699. The summed E-state index contributed by atoms with van der Waals surface area (Å²) in [5, 5.41) is 2.75. The maximum atomic E-state index is 13.2. The van der Waals surface area contributed by atoms with Crippen LogP contribution in [-0.2, 0) is 19.1 Å². The quantitative estimate of drug-likeness (QED) is 0.418. The number of esters is 1. The highest BCUT2D eigenvalue weighted by Crippen LogP contribution is 2.55. The Labute approximate surface area is 197 Å². The third-order valence-electron chi connectivity index (χ3n) is 7.43. The Morgan fingerprint density at radius 3 is 2.56 bits per heavy atom. The van der Waals surface area contributed by atoms with Crippen molar-refractivity contribution in [2.45, 2.75) is 27.2 Å². The zero-order valence-electron chi connectivity index (χ0n) is 19.3. The highest BCUT2D eigenvalue weighted by molar-refractivity contribution is 6.23. The number of hydrogen-bond acceptors (Lipinski definition) is 5. The second kappa shape index (κ2) is 8.24. The molecule has 174 valence electrons. The minimum absolute atomic E-state index is 0.111. The number of nitrogens with one attached hydrogen (secondary N) is 1. The van der Waals surface area contributed by atoms with E-state index in [1.54, 1.807) is 18.2 Å². The highest BCUT2D eigenvalue weighted by atomic mass is 16.5. The van der Waals surface area contributed by atoms with Gasteiger partial charge in [-0.1, -0.05) is 29.8 Å². The lowest BCUT2D eigenvalue weighted by atomic mass is 9.82. The van der Waals surface area contributed by atoms with Crippen LogP contribution in [0.4, 0.5) is 11.4 Å². The molecule has 1 aliphatic heterocycles. The molecule has 1 saturated carbocycles. The van der Waals surface area contributed by atoms with Crippen LogP contribution in [0.25, 0.3) is 0 Å². The first-order valence-electron chi connectivity index (χ1n) is 11.5. The average molecular weight is 459 g/mol. The summed E-state index contributed by atoms with van der Waals surface area (Å²) in [7, 11) is 0. The number of amides is 3. The maximum Gasteiger partial charge on any atom is 0.338 e. The van der Waals surface area contributed by atoms with Gasteiger partial charge in [-0.05, 0) is 74.4 Å². The van der Waals surface area contributed by atoms with Crippen LogP contribution < -0.4 is 10.2 Å². The minimum Gasteiger partial charge on any atom is -0.452 e. The van der Waals surface area contributed by atoms with Gasteiger partial charge in [0.2, 0.25) is 11.8 Å². The molecule has 1 saturated heterocycles. The fraction of sp³-hybridized carbons (Fsp3) is 0.333. The number of rotatable bonds is 5. The van der Waals surface area contributed by atoms with Gasteiger partial charge in [-0.15, -0.1) is 0 Å². The summed E-state index contributed by atoms with van der Waals surface area (Å²) < 4.78 is 5.19. The fourth-order valence-electron chi connectivity index (χ4n) is 5.59. The van der Waals surface area contributed by atoms with Gasteiger partial charge in [0.15, 0.2) is 6.61 Å². The molecule has 5 rings (SSSR count). The standard InChI is InChI=1S/C27H26N2O5/c1-14-6-4-9-21(16(14)3)28-22(30)13-34-27(33)17-7-5-8-19(11-17)29-25(31)23-18-10-15(2)20(12-18)24(23)26(29)32/h4-11,18,20,23-24H,12-13H2,1-3H3,(H,28,30)/t18-,20+,23-,24-/m0/s1. The molecule has 7 nitrogen and oxygen atoms in total. The van der Waals surface area contributed by atoms with Gasteiger partial charge >= 0.3 is 5.97 Å². The summed E-state index contributed by atoms with van der Waals surface area (Å²) in [6.07, 6.45) is 2.99. The molecule has 0 spiro atoms. The molecular formula is C27H26N2O5. The van der Waals surface area contributed by atoms with Gasteiger partial charge in [-0.25, -0.2) is 9.69 Å². The topological polar surface area (TPSA) is 92.8 Å². The van der Waals surface area contributed by atoms with Gasteiger partial charge in [-0.2, -0.15) is 0 Å². The molecule has 3 amide bonds. The molecule has 2 aromatic rings. The fourth-order valence-corrected chi connectivity index (χ4v) is 5.59. The van der Waals surface area contributed by atoms with Crippen LogP contribution >= 0.6 is 0 Å². The van der Waals surface area contributed by atoms with Crippen molar-refractivity contribution in [2.24, 2.45) is 23.7 Å². The molecule has 0 radical (unpaired) electrons. The van der Waals surface area contributed by atoms with Crippen LogP contribution in [0.2, 0.25) is 0 Å². The van der Waals surface area contributed by atoms with Crippen molar-refractivity contribution in [3.63, 3.8) is 0 Å². The lowest BCUT2D eigenvalue weighted by molar-refractivity contribution is -0.123. The molecule has 1 heterocycles. The van der Waals surface area contributed by atoms with E-state index in [0.717, 1.165) is 17.5 Å². The van der Waals surface area contributed by atoms with E-state index in [-0.39, 0.29) is 41.0 Å². The van der Waals surface area contributed by atoms with Crippen LogP contribution in [0.3, 0.4) is 0 Å². The zero-order chi connectivity index (χ0) is 24.1. The van der Waals surface area contributed by atoms with Gasteiger partial charge in [-0.3, -0.25) is 14.4 Å². The number of fused-ring (bicyclic) bond motifs is 5. The van der Waals surface area contributed by atoms with Gasteiger partial charge in [0, 0.05) is 5.69 Å². The number of imide groups is 1. The molecule has 2 bridgehead atoms. The molecule has 34 heavy (non-hydrogen) atoms. The number of hydrogen-bond donors (Lipinski definition) is 1. The Hall–Kier alpha value is -3.74. The molecule has 7 heteroatoms. The van der Waals surface area contributed by atoms with E-state index in [1.807, 2.05) is 32.9 Å². The van der Waals surface area contributed by atoms with E-state index >= 15 is 0 Å². The number of carbonyl (C=O) groups is 4. The zero-order valence-corrected chi connectivity index (χ0v) is 19.3. The van der Waals surface area contributed by atoms with Crippen LogP contribution in [0, 0.1) is 37.5 Å². The van der Waals surface area contributed by atoms with Crippen molar-refractivity contribution in [3.05, 3.63) is 70.8 Å². The SMILES string of the molecule is CC1=C[C@H]2C[C@H]1[C@@H]1C(=O)N(c3cccc(C(=O)OCC(=O)Nc4cccc(C)c4C)c3)C(=O)[C@H]12. The van der Waals surface area contributed by atoms with Gasteiger partial charge < -0.3 is 10.1 Å². The number of benzene rings is 2. The Morgan fingerprint density at radius 1 is 1.03 bits per heavy atom. The van der Waals surface area contributed by atoms with Crippen molar-refractivity contribution < 1.29 is 23.9 Å². The van der Waals surface area contributed by atoms with Crippen LogP contribution in [0.15, 0.2) is 54.1 Å². The highest BCUT2D eigenvalue weighted by Gasteiger charge is 2.60. The summed E-state index contributed by atoms with van der Waals surface area (Å²) in [4.78, 5) is 52.4. The molecule has 4 atom stereocenters. The van der Waals surface area contributed by atoms with Crippen molar-refractivity contribution in [1.29, 1.82) is 0 Å². The van der Waals surface area contributed by atoms with Crippen molar-refractivity contribution in [1.82, 2.24) is 0 Å².